The van der Waals surface area contributed by atoms with Gasteiger partial charge in [-0.15, -0.1) is 68.0 Å². The van der Waals surface area contributed by atoms with E-state index in [-0.39, 0.29) is 5.41 Å². The van der Waals surface area contributed by atoms with Crippen molar-refractivity contribution in [1.29, 1.82) is 0 Å². The van der Waals surface area contributed by atoms with E-state index < -0.39 is 0 Å². The van der Waals surface area contributed by atoms with Crippen molar-refractivity contribution in [1.82, 2.24) is 17.5 Å². The molecule has 11 rings (SSSR count). The van der Waals surface area contributed by atoms with Crippen molar-refractivity contribution in [2.24, 2.45) is 11.8 Å². The quantitative estimate of drug-likeness (QED) is 0.0459. The van der Waals surface area contributed by atoms with E-state index >= 15 is 0 Å². The first kappa shape index (κ1) is 55.2. The van der Waals surface area contributed by atoms with Crippen LogP contribution in [0.1, 0.15) is 178 Å². The highest BCUT2D eigenvalue weighted by Crippen LogP contribution is 2.63. The summed E-state index contributed by atoms with van der Waals surface area (Å²) in [6.07, 6.45) is 25.2. The van der Waals surface area contributed by atoms with Gasteiger partial charge in [-0.2, -0.15) is 17.5 Å². The monoisotopic (exact) mass is 1170 g/mol. The molecular formula is C65H74N4S8. The molecule has 0 saturated carbocycles. The second kappa shape index (κ2) is 25.4. The van der Waals surface area contributed by atoms with Gasteiger partial charge in [-0.3, -0.25) is 0 Å². The fraction of sp³-hybridized carbons (Fsp3) is 0.446. The van der Waals surface area contributed by atoms with Gasteiger partial charge < -0.3 is 0 Å². The van der Waals surface area contributed by atoms with Crippen molar-refractivity contribution >= 4 is 114 Å². The van der Waals surface area contributed by atoms with Gasteiger partial charge in [-0.1, -0.05) is 156 Å². The molecular weight excluding hydrogens is 1090 g/mol. The van der Waals surface area contributed by atoms with E-state index in [0.29, 0.717) is 11.8 Å². The fourth-order valence-corrected chi connectivity index (χ4v) is 20.4. The van der Waals surface area contributed by atoms with Gasteiger partial charge in [0.15, 0.2) is 0 Å². The van der Waals surface area contributed by atoms with Gasteiger partial charge >= 0.3 is 0 Å². The topological polar surface area (TPSA) is 51.6 Å². The first-order valence-corrected chi connectivity index (χ1v) is 35.4. The summed E-state index contributed by atoms with van der Waals surface area (Å²) in [6.45, 7) is 14.2. The minimum Gasteiger partial charge on any atom is -0.172 e. The average Bonchev–Trinajstić information content (AvgIpc) is 4.45. The number of aromatic nitrogens is 4. The molecule has 2 unspecified atom stereocenters. The van der Waals surface area contributed by atoms with Crippen LogP contribution < -0.4 is 0 Å². The lowest BCUT2D eigenvalue weighted by molar-refractivity contribution is 0.266. The van der Waals surface area contributed by atoms with Crippen LogP contribution in [0.25, 0.3) is 93.1 Å². The van der Waals surface area contributed by atoms with Crippen LogP contribution in [0, 0.1) is 11.8 Å². The Kier molecular flexibility index (Phi) is 18.2. The van der Waals surface area contributed by atoms with Crippen molar-refractivity contribution in [3.63, 3.8) is 0 Å². The third kappa shape index (κ3) is 11.5. The normalized spacial score (nSPS) is 13.8. The van der Waals surface area contributed by atoms with Crippen LogP contribution in [-0.4, -0.2) is 17.5 Å². The molecule has 0 radical (unpaired) electrons. The lowest BCUT2D eigenvalue weighted by Gasteiger charge is -2.37. The van der Waals surface area contributed by atoms with Gasteiger partial charge in [-0.05, 0) is 122 Å². The summed E-state index contributed by atoms with van der Waals surface area (Å²) in [7, 11) is 0. The summed E-state index contributed by atoms with van der Waals surface area (Å²) in [4.78, 5) is 16.5. The summed E-state index contributed by atoms with van der Waals surface area (Å²) < 4.78 is 20.3. The highest BCUT2D eigenvalue weighted by atomic mass is 32.1. The molecule has 0 spiro atoms. The maximum absolute atomic E-state index is 5.11. The zero-order chi connectivity index (χ0) is 52.9. The smallest absolute Gasteiger partial charge is 0.114 e. The molecule has 77 heavy (non-hydrogen) atoms. The molecule has 12 heteroatoms. The third-order valence-electron chi connectivity index (χ3n) is 16.5. The first-order valence-electron chi connectivity index (χ1n) is 29.0. The summed E-state index contributed by atoms with van der Waals surface area (Å²) in [5.74, 6) is 1.30. The Bertz CT molecular complexity index is 3300. The number of fused-ring (bicyclic) bond motifs is 5. The maximum atomic E-state index is 5.11. The van der Waals surface area contributed by atoms with Crippen molar-refractivity contribution in [2.75, 3.05) is 0 Å². The third-order valence-corrected chi connectivity index (χ3v) is 25.0. The van der Waals surface area contributed by atoms with Crippen molar-refractivity contribution in [3.05, 3.63) is 106 Å². The van der Waals surface area contributed by atoms with Gasteiger partial charge in [-0.25, -0.2) is 0 Å². The zero-order valence-electron chi connectivity index (χ0n) is 45.9. The van der Waals surface area contributed by atoms with Gasteiger partial charge in [0.2, 0.25) is 0 Å². The van der Waals surface area contributed by atoms with Crippen LogP contribution in [0.3, 0.4) is 0 Å². The van der Waals surface area contributed by atoms with E-state index in [9.17, 15) is 0 Å². The van der Waals surface area contributed by atoms with Crippen LogP contribution in [0.2, 0.25) is 0 Å². The fourth-order valence-electron chi connectivity index (χ4n) is 12.1. The van der Waals surface area contributed by atoms with E-state index in [1.54, 1.807) is 11.1 Å². The van der Waals surface area contributed by atoms with Crippen LogP contribution in [0.15, 0.2) is 84.9 Å². The Morgan fingerprint density at radius 2 is 0.727 bits per heavy atom. The van der Waals surface area contributed by atoms with E-state index in [0.717, 1.165) is 22.1 Å². The maximum Gasteiger partial charge on any atom is 0.114 e. The Hall–Kier alpha value is -3.72. The SMILES string of the molecule is CCCCCCc1ccc(-c2ccc(-c3ccc(-c4cc5c(s4)-c4sc(-c6ccc(-c7ccc(-c8ccc(CCCCCC)s8)s7)c7nsnc67)cc4C5(CC(CC)CCCC)CC(CC)CCCC)c4nsnc34)s2)s1. The summed E-state index contributed by atoms with van der Waals surface area (Å²) in [5.41, 5.74) is 12.0. The molecule has 8 heterocycles. The molecule has 1 aliphatic rings. The molecule has 2 aromatic carbocycles. The average molecular weight is 1170 g/mol. The number of nitrogens with zero attached hydrogens (tertiary/aromatic N) is 4. The van der Waals surface area contributed by atoms with E-state index in [2.05, 4.69) is 126 Å². The number of unbranched alkanes of at least 4 members (excludes halogenated alkanes) is 8. The second-order valence-corrected chi connectivity index (χ2v) is 29.4. The lowest BCUT2D eigenvalue weighted by Crippen LogP contribution is -2.31. The zero-order valence-corrected chi connectivity index (χ0v) is 52.5. The number of hydrogen-bond donors (Lipinski definition) is 0. The minimum absolute atomic E-state index is 0.0785. The molecule has 0 fully saturated rings. The first-order chi connectivity index (χ1) is 37.9. The summed E-state index contributed by atoms with van der Waals surface area (Å²) >= 11 is 14.4. The molecule has 0 bridgehead atoms. The highest BCUT2D eigenvalue weighted by Gasteiger charge is 2.48. The molecule has 0 N–H and O–H groups in total. The molecule has 10 aromatic rings. The lowest BCUT2D eigenvalue weighted by atomic mass is 9.65. The Morgan fingerprint density at radius 1 is 0.364 bits per heavy atom. The summed E-state index contributed by atoms with van der Waals surface area (Å²) in [6, 6.07) is 33.3. The number of hydrogen-bond acceptors (Lipinski definition) is 12. The highest BCUT2D eigenvalue weighted by molar-refractivity contribution is 7.26. The molecule has 8 aromatic heterocycles. The van der Waals surface area contributed by atoms with Crippen LogP contribution in [-0.2, 0) is 18.3 Å². The molecule has 0 aliphatic heterocycles. The molecule has 0 saturated heterocycles. The summed E-state index contributed by atoms with van der Waals surface area (Å²) in [5, 5.41) is 0. The Labute approximate surface area is 490 Å². The van der Waals surface area contributed by atoms with Gasteiger partial charge in [0.05, 0.1) is 23.5 Å². The number of rotatable bonds is 28. The van der Waals surface area contributed by atoms with Crippen LogP contribution >= 0.6 is 91.5 Å². The molecule has 0 amide bonds. The van der Waals surface area contributed by atoms with E-state index in [1.807, 2.05) is 68.0 Å². The number of aryl methyl sites for hydroxylation is 2. The van der Waals surface area contributed by atoms with E-state index in [1.165, 1.54) is 233 Å². The van der Waals surface area contributed by atoms with Crippen molar-refractivity contribution in [2.45, 2.75) is 175 Å². The largest absolute Gasteiger partial charge is 0.172 e. The van der Waals surface area contributed by atoms with Crippen molar-refractivity contribution in [3.8, 4) is 71.0 Å². The predicted molar refractivity (Wildman–Crippen MR) is 346 cm³/mol. The van der Waals surface area contributed by atoms with Gasteiger partial charge in [0.1, 0.15) is 22.1 Å². The Morgan fingerprint density at radius 3 is 1.12 bits per heavy atom. The molecule has 1 aliphatic carbocycles. The number of benzene rings is 2. The van der Waals surface area contributed by atoms with Gasteiger partial charge in [0, 0.05) is 86.2 Å². The standard InChI is InChI=1S/C65H74N4S8/c1-7-13-17-19-23-43-25-31-53(70-43)55-35-33-51(72-55)45-27-29-47(61-59(45)66-76-68-61)57-37-49-63(74-57)64-50(65(49,39-41(11-5)21-15-9-3)40-42(12-6)22-16-10-4)38-58(75-64)48-30-28-46(60-62(48)69-77-67-60)52-34-36-56(73-52)54-32-26-44(71-54)24-20-18-14-8-2/h25-38,41-42H,7-24,39-40H2,1-6H3. The Balaban J connectivity index is 0.966. The molecule has 4 nitrogen and oxygen atoms in total. The minimum atomic E-state index is -0.0785. The predicted octanol–water partition coefficient (Wildman–Crippen LogP) is 23.8. The van der Waals surface area contributed by atoms with E-state index in [4.69, 9.17) is 17.5 Å². The van der Waals surface area contributed by atoms with Crippen LogP contribution in [0.5, 0.6) is 0 Å². The molecule has 2 atom stereocenters. The van der Waals surface area contributed by atoms with Crippen molar-refractivity contribution < 1.29 is 0 Å². The molecule has 402 valence electrons. The second-order valence-electron chi connectivity index (χ2n) is 21.8. The van der Waals surface area contributed by atoms with Crippen LogP contribution in [0.4, 0.5) is 0 Å². The number of thiophene rings is 6. The van der Waals surface area contributed by atoms with Gasteiger partial charge in [0.25, 0.3) is 0 Å².